The van der Waals surface area contributed by atoms with Crippen LogP contribution in [0, 0.1) is 0 Å². The normalized spacial score (nSPS) is 26.1. The number of carbonyl (C=O) groups excluding carboxylic acids is 1. The maximum absolute atomic E-state index is 10.2. The summed E-state index contributed by atoms with van der Waals surface area (Å²) in [5.41, 5.74) is 0. The summed E-state index contributed by atoms with van der Waals surface area (Å²) in [6, 6.07) is -0.461. The van der Waals surface area contributed by atoms with Crippen LogP contribution in [0.2, 0.25) is 0 Å². The van der Waals surface area contributed by atoms with E-state index in [1.165, 1.54) is 13.3 Å². The fraction of sp³-hybridized carbons (Fsp3) is 0.500. The van der Waals surface area contributed by atoms with Gasteiger partial charge in [-0.25, -0.2) is 4.79 Å². The number of urea groups is 1. The van der Waals surface area contributed by atoms with Crippen LogP contribution in [0.25, 0.3) is 0 Å². The molecule has 43 valence electrons. The first-order valence-corrected chi connectivity index (χ1v) is 2.15. The van der Waals surface area contributed by atoms with Crippen LogP contribution < -0.4 is 5.32 Å². The van der Waals surface area contributed by atoms with Crippen molar-refractivity contribution in [3.8, 4) is 0 Å². The molecular formula is C4H5N2O2. The average Bonchev–Trinajstić information content (AvgIpc) is 2.14. The topological polar surface area (TPSA) is 52.8 Å². The van der Waals surface area contributed by atoms with Crippen molar-refractivity contribution in [1.82, 2.24) is 5.32 Å². The van der Waals surface area contributed by atoms with Crippen molar-refractivity contribution in [2.75, 3.05) is 7.11 Å². The maximum Gasteiger partial charge on any atom is 0.365 e. The Hall–Kier alpha value is -0.900. The first kappa shape index (κ1) is 5.24. The van der Waals surface area contributed by atoms with Crippen molar-refractivity contribution in [1.29, 1.82) is 0 Å². The predicted octanol–water partition coefficient (Wildman–Crippen LogP) is -0.232. The summed E-state index contributed by atoms with van der Waals surface area (Å²) in [5.74, 6) is 0. The highest BCUT2D eigenvalue weighted by Gasteiger charge is 2.15. The first-order chi connectivity index (χ1) is 3.83. The Morgan fingerprint density at radius 1 is 1.88 bits per heavy atom. The van der Waals surface area contributed by atoms with Gasteiger partial charge in [0.15, 0.2) is 6.23 Å². The summed E-state index contributed by atoms with van der Waals surface area (Å²) in [4.78, 5) is 13.5. The number of carbonyl (C=O) groups is 1. The molecule has 1 aliphatic rings. The predicted molar refractivity (Wildman–Crippen MR) is 26.8 cm³/mol. The van der Waals surface area contributed by atoms with Crippen molar-refractivity contribution in [3.63, 3.8) is 0 Å². The Balaban J connectivity index is 2.46. The highest BCUT2D eigenvalue weighted by molar-refractivity contribution is 5.91. The molecule has 1 heterocycles. The van der Waals surface area contributed by atoms with Crippen LogP contribution in [0.15, 0.2) is 4.99 Å². The van der Waals surface area contributed by atoms with Gasteiger partial charge in [0.2, 0.25) is 0 Å². The fourth-order valence-corrected chi connectivity index (χ4v) is 0.417. The molecule has 1 radical (unpaired) electrons. The largest absolute Gasteiger partial charge is 0.365 e. The van der Waals surface area contributed by atoms with Gasteiger partial charge in [-0.15, -0.1) is 0 Å². The Kier molecular flexibility index (Phi) is 1.26. The first-order valence-electron chi connectivity index (χ1n) is 2.15. The quantitative estimate of drug-likeness (QED) is 0.471. The van der Waals surface area contributed by atoms with Crippen molar-refractivity contribution in [2.45, 2.75) is 6.23 Å². The molecule has 0 saturated heterocycles. The van der Waals surface area contributed by atoms with Gasteiger partial charge in [-0.05, 0) is 0 Å². The van der Waals surface area contributed by atoms with E-state index in [2.05, 4.69) is 15.0 Å². The van der Waals surface area contributed by atoms with Gasteiger partial charge in [0.1, 0.15) is 0 Å². The Labute approximate surface area is 46.5 Å². The SMILES string of the molecule is COC1C=NC(=O)[N]1. The smallest absolute Gasteiger partial charge is 0.354 e. The number of ether oxygens (including phenoxy) is 1. The third-order valence-electron chi connectivity index (χ3n) is 0.792. The van der Waals surface area contributed by atoms with Crippen molar-refractivity contribution < 1.29 is 9.53 Å². The van der Waals surface area contributed by atoms with Gasteiger partial charge >= 0.3 is 6.03 Å². The van der Waals surface area contributed by atoms with Gasteiger partial charge in [-0.1, -0.05) is 0 Å². The molecule has 0 aliphatic carbocycles. The second-order valence-electron chi connectivity index (χ2n) is 1.32. The van der Waals surface area contributed by atoms with Crippen molar-refractivity contribution >= 4 is 12.2 Å². The minimum atomic E-state index is -0.461. The van der Waals surface area contributed by atoms with Crippen LogP contribution in [0.4, 0.5) is 4.79 Å². The second kappa shape index (κ2) is 1.92. The lowest BCUT2D eigenvalue weighted by Gasteiger charge is -1.97. The van der Waals surface area contributed by atoms with Crippen LogP contribution in [-0.2, 0) is 4.74 Å². The van der Waals surface area contributed by atoms with Crippen LogP contribution in [-0.4, -0.2) is 25.6 Å². The summed E-state index contributed by atoms with van der Waals surface area (Å²) in [7, 11) is 1.47. The molecule has 0 saturated carbocycles. The molecule has 0 fully saturated rings. The zero-order chi connectivity index (χ0) is 5.98. The molecule has 1 unspecified atom stereocenters. The summed E-state index contributed by atoms with van der Waals surface area (Å²) in [6.45, 7) is 0. The molecule has 0 aromatic carbocycles. The van der Waals surface area contributed by atoms with Crippen molar-refractivity contribution in [3.05, 3.63) is 0 Å². The van der Waals surface area contributed by atoms with E-state index in [1.54, 1.807) is 0 Å². The van der Waals surface area contributed by atoms with Gasteiger partial charge in [0.05, 0.1) is 6.21 Å². The number of rotatable bonds is 1. The van der Waals surface area contributed by atoms with E-state index in [1.807, 2.05) is 0 Å². The maximum atomic E-state index is 10.2. The number of hydrogen-bond acceptors (Lipinski definition) is 2. The third-order valence-corrected chi connectivity index (χ3v) is 0.792. The summed E-state index contributed by atoms with van der Waals surface area (Å²) in [5, 5.41) is 3.42. The molecule has 0 bridgehead atoms. The molecule has 0 spiro atoms. The summed E-state index contributed by atoms with van der Waals surface area (Å²) >= 11 is 0. The number of nitrogens with zero attached hydrogens (tertiary/aromatic N) is 2. The minimum absolute atomic E-state index is 0.442. The third kappa shape index (κ3) is 0.840. The molecule has 0 N–H and O–H groups in total. The number of methoxy groups -OCH3 is 1. The van der Waals surface area contributed by atoms with Gasteiger partial charge < -0.3 is 4.74 Å². The molecular weight excluding hydrogens is 108 g/mol. The fourth-order valence-electron chi connectivity index (χ4n) is 0.417. The highest BCUT2D eigenvalue weighted by atomic mass is 16.5. The summed E-state index contributed by atoms with van der Waals surface area (Å²) in [6.07, 6.45) is 0.921. The molecule has 0 aromatic heterocycles. The van der Waals surface area contributed by atoms with E-state index < -0.39 is 12.3 Å². The lowest BCUT2D eigenvalue weighted by Crippen LogP contribution is -2.21. The molecule has 2 amide bonds. The van der Waals surface area contributed by atoms with Gasteiger partial charge in [-0.3, -0.25) is 0 Å². The number of amides is 2. The zero-order valence-electron chi connectivity index (χ0n) is 4.37. The van der Waals surface area contributed by atoms with Crippen LogP contribution in [0.1, 0.15) is 0 Å². The molecule has 0 aromatic rings. The lowest BCUT2D eigenvalue weighted by molar-refractivity contribution is 0.140. The molecule has 1 atom stereocenters. The Morgan fingerprint density at radius 2 is 2.62 bits per heavy atom. The standard InChI is InChI=1S/C4H5N2O2/c1-8-3-2-5-4(7)6-3/h2-3H,1H3. The lowest BCUT2D eigenvalue weighted by atomic mass is 10.6. The van der Waals surface area contributed by atoms with E-state index >= 15 is 0 Å². The van der Waals surface area contributed by atoms with Crippen LogP contribution in [0.3, 0.4) is 0 Å². The summed E-state index contributed by atoms with van der Waals surface area (Å²) < 4.78 is 4.64. The van der Waals surface area contributed by atoms with E-state index in [9.17, 15) is 4.79 Å². The highest BCUT2D eigenvalue weighted by Crippen LogP contribution is 1.92. The number of aliphatic imine (C=N–C) groups is 1. The molecule has 1 rings (SSSR count). The van der Waals surface area contributed by atoms with E-state index in [-0.39, 0.29) is 0 Å². The Bertz CT molecular complexity index is 132. The van der Waals surface area contributed by atoms with Gasteiger partial charge in [-0.2, -0.15) is 10.3 Å². The average molecular weight is 113 g/mol. The van der Waals surface area contributed by atoms with E-state index in [4.69, 9.17) is 0 Å². The van der Waals surface area contributed by atoms with Crippen molar-refractivity contribution in [2.24, 2.45) is 4.99 Å². The Morgan fingerprint density at radius 3 is 2.88 bits per heavy atom. The number of hydrogen-bond donors (Lipinski definition) is 0. The molecule has 1 aliphatic heterocycles. The molecule has 4 heteroatoms. The minimum Gasteiger partial charge on any atom is -0.354 e. The van der Waals surface area contributed by atoms with E-state index in [0.29, 0.717) is 0 Å². The molecule has 4 nitrogen and oxygen atoms in total. The van der Waals surface area contributed by atoms with Crippen LogP contribution in [0.5, 0.6) is 0 Å². The van der Waals surface area contributed by atoms with Gasteiger partial charge in [0.25, 0.3) is 0 Å². The van der Waals surface area contributed by atoms with Crippen LogP contribution >= 0.6 is 0 Å². The molecule has 8 heavy (non-hydrogen) atoms. The zero-order valence-corrected chi connectivity index (χ0v) is 4.37. The van der Waals surface area contributed by atoms with E-state index in [0.717, 1.165) is 0 Å². The second-order valence-corrected chi connectivity index (χ2v) is 1.32. The van der Waals surface area contributed by atoms with Gasteiger partial charge in [0, 0.05) is 7.11 Å². The monoisotopic (exact) mass is 113 g/mol.